The Bertz CT molecular complexity index is 815. The molecule has 0 aliphatic heterocycles. The van der Waals surface area contributed by atoms with Gasteiger partial charge in [0.15, 0.2) is 0 Å². The van der Waals surface area contributed by atoms with Gasteiger partial charge in [0.05, 0.1) is 14.2 Å². The highest BCUT2D eigenvalue weighted by Gasteiger charge is 2.12. The number of methoxy groups -OCH3 is 2. The van der Waals surface area contributed by atoms with Crippen LogP contribution in [0.3, 0.4) is 0 Å². The lowest BCUT2D eigenvalue weighted by Gasteiger charge is -2.15. The van der Waals surface area contributed by atoms with E-state index in [1.54, 1.807) is 14.2 Å². The molecule has 26 heavy (non-hydrogen) atoms. The number of hydrogen-bond donors (Lipinski definition) is 0. The molecule has 0 atom stereocenters. The zero-order valence-electron chi connectivity index (χ0n) is 15.8. The van der Waals surface area contributed by atoms with Gasteiger partial charge < -0.3 is 9.47 Å². The van der Waals surface area contributed by atoms with Crippen molar-refractivity contribution in [1.82, 2.24) is 0 Å². The fraction of sp³-hybridized carbons (Fsp3) is 0.208. The molecule has 3 aromatic carbocycles. The highest BCUT2D eigenvalue weighted by Crippen LogP contribution is 2.37. The molecule has 0 heterocycles. The summed E-state index contributed by atoms with van der Waals surface area (Å²) >= 11 is 0. The third-order valence-electron chi connectivity index (χ3n) is 4.32. The molecular weight excluding hydrogens is 320 g/mol. The average Bonchev–Trinajstić information content (AvgIpc) is 2.67. The highest BCUT2D eigenvalue weighted by atomic mass is 16.5. The van der Waals surface area contributed by atoms with Gasteiger partial charge in [-0.1, -0.05) is 62.4 Å². The first-order valence-electron chi connectivity index (χ1n) is 8.89. The molecule has 0 fully saturated rings. The summed E-state index contributed by atoms with van der Waals surface area (Å²) in [5.41, 5.74) is 5.65. The lowest BCUT2D eigenvalue weighted by atomic mass is 9.92. The summed E-state index contributed by atoms with van der Waals surface area (Å²) in [4.78, 5) is 0. The molecule has 0 aliphatic carbocycles. The van der Waals surface area contributed by atoms with E-state index in [2.05, 4.69) is 50.6 Å². The van der Waals surface area contributed by atoms with Gasteiger partial charge in [-0.25, -0.2) is 0 Å². The summed E-state index contributed by atoms with van der Waals surface area (Å²) in [5.74, 6) is 2.22. The van der Waals surface area contributed by atoms with Gasteiger partial charge in [0, 0.05) is 11.1 Å². The second-order valence-electron chi connectivity index (χ2n) is 6.65. The van der Waals surface area contributed by atoms with Crippen LogP contribution in [-0.2, 0) is 0 Å². The molecule has 0 aromatic heterocycles. The Morgan fingerprint density at radius 1 is 0.692 bits per heavy atom. The van der Waals surface area contributed by atoms with Crippen LogP contribution >= 0.6 is 0 Å². The highest BCUT2D eigenvalue weighted by molar-refractivity contribution is 5.80. The molecule has 0 saturated carbocycles. The van der Waals surface area contributed by atoms with Gasteiger partial charge in [0.2, 0.25) is 0 Å². The smallest absolute Gasteiger partial charge is 0.126 e. The Morgan fingerprint density at radius 3 is 1.58 bits per heavy atom. The maximum Gasteiger partial charge on any atom is 0.126 e. The van der Waals surface area contributed by atoms with E-state index in [0.29, 0.717) is 5.92 Å². The van der Waals surface area contributed by atoms with Crippen molar-refractivity contribution < 1.29 is 9.47 Å². The van der Waals surface area contributed by atoms with E-state index in [-0.39, 0.29) is 0 Å². The van der Waals surface area contributed by atoms with Crippen LogP contribution in [-0.4, -0.2) is 14.2 Å². The van der Waals surface area contributed by atoms with Crippen LogP contribution in [0, 0.1) is 12.3 Å². The lowest BCUT2D eigenvalue weighted by molar-refractivity contribution is 0.416. The largest absolute Gasteiger partial charge is 0.496 e. The van der Waals surface area contributed by atoms with E-state index in [9.17, 15) is 0 Å². The molecule has 0 bridgehead atoms. The normalized spacial score (nSPS) is 10.8. The molecule has 3 aromatic rings. The van der Waals surface area contributed by atoms with Crippen molar-refractivity contribution >= 4 is 0 Å². The standard InChI is InChI=1S/C24H25O2/c1-17(2)13-18-14-19(21-9-5-7-11-23(21)25-3)16-20(15-18)22-10-6-8-12-24(22)26-4/h5-17H,1-4H3. The van der Waals surface area contributed by atoms with Crippen LogP contribution in [0.15, 0.2) is 66.7 Å². The molecule has 0 N–H and O–H groups in total. The quantitative estimate of drug-likeness (QED) is 0.526. The first-order valence-corrected chi connectivity index (χ1v) is 8.89. The molecule has 0 spiro atoms. The molecule has 0 amide bonds. The van der Waals surface area contributed by atoms with Gasteiger partial charge >= 0.3 is 0 Å². The number of para-hydroxylation sites is 2. The zero-order valence-corrected chi connectivity index (χ0v) is 15.8. The fourth-order valence-corrected chi connectivity index (χ4v) is 3.21. The first kappa shape index (κ1) is 18.1. The zero-order chi connectivity index (χ0) is 18.5. The van der Waals surface area contributed by atoms with Crippen molar-refractivity contribution in [3.63, 3.8) is 0 Å². The summed E-state index contributed by atoms with van der Waals surface area (Å²) in [7, 11) is 3.42. The topological polar surface area (TPSA) is 18.5 Å². The summed E-state index contributed by atoms with van der Waals surface area (Å²) in [6, 6.07) is 22.9. The number of rotatable bonds is 6. The van der Waals surface area contributed by atoms with Crippen LogP contribution in [0.25, 0.3) is 22.3 Å². The lowest BCUT2D eigenvalue weighted by Crippen LogP contribution is -1.95. The summed E-state index contributed by atoms with van der Waals surface area (Å²) in [6.45, 7) is 4.39. The number of hydrogen-bond acceptors (Lipinski definition) is 2. The van der Waals surface area contributed by atoms with E-state index in [0.717, 1.165) is 33.8 Å². The van der Waals surface area contributed by atoms with Crippen LogP contribution in [0.5, 0.6) is 11.5 Å². The van der Waals surface area contributed by atoms with Crippen molar-refractivity contribution in [1.29, 1.82) is 0 Å². The maximum absolute atomic E-state index is 5.58. The Balaban J connectivity index is 2.19. The predicted octanol–water partition coefficient (Wildman–Crippen LogP) is 6.25. The van der Waals surface area contributed by atoms with Gasteiger partial charge in [-0.15, -0.1) is 0 Å². The van der Waals surface area contributed by atoms with Crippen LogP contribution < -0.4 is 9.47 Å². The molecule has 0 aliphatic rings. The van der Waals surface area contributed by atoms with Crippen molar-refractivity contribution in [2.75, 3.05) is 14.2 Å². The Labute approximate surface area is 156 Å². The minimum absolute atomic E-state index is 0.466. The summed E-state index contributed by atoms with van der Waals surface area (Å²) in [6.07, 6.45) is 2.28. The number of benzene rings is 3. The molecule has 3 rings (SSSR count). The van der Waals surface area contributed by atoms with Crippen molar-refractivity contribution in [2.45, 2.75) is 13.8 Å². The molecular formula is C24H25O2. The molecule has 1 radical (unpaired) electrons. The molecule has 2 nitrogen and oxygen atoms in total. The minimum atomic E-state index is 0.466. The molecule has 133 valence electrons. The summed E-state index contributed by atoms with van der Waals surface area (Å²) in [5, 5.41) is 0. The van der Waals surface area contributed by atoms with E-state index in [1.165, 1.54) is 5.56 Å². The van der Waals surface area contributed by atoms with Crippen LogP contribution in [0.2, 0.25) is 0 Å². The average molecular weight is 345 g/mol. The summed E-state index contributed by atoms with van der Waals surface area (Å²) < 4.78 is 11.2. The first-order chi connectivity index (χ1) is 12.6. The monoisotopic (exact) mass is 345 g/mol. The maximum atomic E-state index is 5.58. The van der Waals surface area contributed by atoms with Gasteiger partial charge in [-0.05, 0) is 47.2 Å². The minimum Gasteiger partial charge on any atom is -0.496 e. The Kier molecular flexibility index (Phi) is 5.62. The third kappa shape index (κ3) is 3.91. The van der Waals surface area contributed by atoms with Crippen molar-refractivity contribution in [3.05, 3.63) is 78.7 Å². The SMILES string of the molecule is COc1ccccc1-c1cc([CH]C(C)C)cc(-c2ccccc2OC)c1. The second kappa shape index (κ2) is 8.09. The van der Waals surface area contributed by atoms with E-state index < -0.39 is 0 Å². The van der Waals surface area contributed by atoms with E-state index in [1.807, 2.05) is 36.4 Å². The molecule has 0 saturated heterocycles. The predicted molar refractivity (Wildman–Crippen MR) is 109 cm³/mol. The van der Waals surface area contributed by atoms with Crippen molar-refractivity contribution in [3.8, 4) is 33.8 Å². The van der Waals surface area contributed by atoms with Crippen LogP contribution in [0.4, 0.5) is 0 Å². The molecule has 2 heteroatoms. The van der Waals surface area contributed by atoms with E-state index >= 15 is 0 Å². The van der Waals surface area contributed by atoms with E-state index in [4.69, 9.17) is 9.47 Å². The molecule has 0 unspecified atom stereocenters. The fourth-order valence-electron chi connectivity index (χ4n) is 3.21. The van der Waals surface area contributed by atoms with Crippen molar-refractivity contribution in [2.24, 2.45) is 5.92 Å². The Morgan fingerprint density at radius 2 is 1.15 bits per heavy atom. The van der Waals surface area contributed by atoms with Gasteiger partial charge in [0.25, 0.3) is 0 Å². The van der Waals surface area contributed by atoms with Gasteiger partial charge in [0.1, 0.15) is 11.5 Å². The van der Waals surface area contributed by atoms with Crippen LogP contribution in [0.1, 0.15) is 19.4 Å². The van der Waals surface area contributed by atoms with Gasteiger partial charge in [-0.3, -0.25) is 0 Å². The van der Waals surface area contributed by atoms with Gasteiger partial charge in [-0.2, -0.15) is 0 Å². The number of ether oxygens (including phenoxy) is 2. The Hall–Kier alpha value is -2.74. The second-order valence-corrected chi connectivity index (χ2v) is 6.65. The third-order valence-corrected chi connectivity index (χ3v) is 4.32.